The number of sulfone groups is 1. The van der Waals surface area contributed by atoms with Crippen molar-refractivity contribution >= 4 is 33.1 Å². The number of hydrogen-bond donors (Lipinski definition) is 3. The van der Waals surface area contributed by atoms with Crippen molar-refractivity contribution in [2.24, 2.45) is 7.05 Å². The predicted molar refractivity (Wildman–Crippen MR) is 141 cm³/mol. The SMILES string of the molecule is Cc1cc(Nc2nc(N(C)c3c(F)cc(S(C)(=O)=O)cc3F)nc(-c3cn(C)c(C(C)O)n3)c2C2CC2)n[nH]1. The molecule has 1 aliphatic carbocycles. The summed E-state index contributed by atoms with van der Waals surface area (Å²) in [6.45, 7) is 3.45. The summed E-state index contributed by atoms with van der Waals surface area (Å²) in [5, 5.41) is 20.5. The van der Waals surface area contributed by atoms with Gasteiger partial charge in [0.05, 0.1) is 4.90 Å². The van der Waals surface area contributed by atoms with E-state index in [1.807, 2.05) is 6.92 Å². The number of imidazole rings is 1. The number of benzene rings is 1. The highest BCUT2D eigenvalue weighted by Crippen LogP contribution is 2.48. The minimum absolute atomic E-state index is 0.0571. The van der Waals surface area contributed by atoms with Gasteiger partial charge < -0.3 is 19.9 Å². The minimum Gasteiger partial charge on any atom is -0.385 e. The van der Waals surface area contributed by atoms with E-state index in [2.05, 4.69) is 25.5 Å². The van der Waals surface area contributed by atoms with Crippen molar-refractivity contribution < 1.29 is 22.3 Å². The zero-order valence-electron chi connectivity index (χ0n) is 22.0. The lowest BCUT2D eigenvalue weighted by atomic mass is 10.1. The van der Waals surface area contributed by atoms with Crippen LogP contribution in [-0.2, 0) is 16.9 Å². The van der Waals surface area contributed by atoms with Gasteiger partial charge in [0.15, 0.2) is 27.3 Å². The van der Waals surface area contributed by atoms with Crippen LogP contribution in [0.15, 0.2) is 29.3 Å². The molecule has 1 unspecified atom stereocenters. The van der Waals surface area contributed by atoms with Crippen molar-refractivity contribution in [3.8, 4) is 11.4 Å². The third-order valence-corrected chi connectivity index (χ3v) is 7.55. The number of nitrogens with one attached hydrogen (secondary N) is 2. The van der Waals surface area contributed by atoms with Crippen LogP contribution in [0.5, 0.6) is 0 Å². The van der Waals surface area contributed by atoms with Gasteiger partial charge in [-0.2, -0.15) is 10.1 Å². The molecule has 14 heteroatoms. The van der Waals surface area contributed by atoms with Crippen molar-refractivity contribution in [2.75, 3.05) is 23.5 Å². The molecule has 0 saturated heterocycles. The average molecular weight is 559 g/mol. The number of aryl methyl sites for hydroxylation is 2. The van der Waals surface area contributed by atoms with E-state index >= 15 is 8.78 Å². The van der Waals surface area contributed by atoms with Crippen LogP contribution < -0.4 is 10.2 Å². The van der Waals surface area contributed by atoms with Gasteiger partial charge in [0.25, 0.3) is 0 Å². The van der Waals surface area contributed by atoms with E-state index in [1.165, 1.54) is 7.05 Å². The molecule has 1 aromatic carbocycles. The average Bonchev–Trinajstić information content (AvgIpc) is 3.48. The van der Waals surface area contributed by atoms with Crippen molar-refractivity contribution in [1.82, 2.24) is 29.7 Å². The normalized spacial score (nSPS) is 14.5. The molecule has 1 saturated carbocycles. The second-order valence-corrected chi connectivity index (χ2v) is 11.8. The number of halogens is 2. The van der Waals surface area contributed by atoms with Gasteiger partial charge in [-0.3, -0.25) is 5.10 Å². The Hall–Kier alpha value is -3.91. The molecular weight excluding hydrogens is 530 g/mol. The number of aromatic amines is 1. The van der Waals surface area contributed by atoms with Gasteiger partial charge in [-0.1, -0.05) is 0 Å². The maximum absolute atomic E-state index is 15.1. The Kier molecular flexibility index (Phi) is 6.63. The van der Waals surface area contributed by atoms with Gasteiger partial charge in [0, 0.05) is 43.9 Å². The van der Waals surface area contributed by atoms with E-state index in [-0.39, 0.29) is 11.9 Å². The largest absolute Gasteiger partial charge is 0.385 e. The predicted octanol–water partition coefficient (Wildman–Crippen LogP) is 4.03. The Balaban J connectivity index is 1.70. The molecule has 0 radical (unpaired) electrons. The summed E-state index contributed by atoms with van der Waals surface area (Å²) in [7, 11) is -0.693. The number of H-pyrrole nitrogens is 1. The molecular formula is C25H28F2N8O3S. The lowest BCUT2D eigenvalue weighted by Gasteiger charge is -2.22. The maximum atomic E-state index is 15.1. The van der Waals surface area contributed by atoms with Gasteiger partial charge in [0.1, 0.15) is 34.8 Å². The number of aliphatic hydroxyl groups is 1. The Morgan fingerprint density at radius 1 is 1.18 bits per heavy atom. The summed E-state index contributed by atoms with van der Waals surface area (Å²) >= 11 is 0. The van der Waals surface area contributed by atoms with Gasteiger partial charge >= 0.3 is 0 Å². The summed E-state index contributed by atoms with van der Waals surface area (Å²) < 4.78 is 55.7. The topological polar surface area (TPSA) is 142 Å². The third-order valence-electron chi connectivity index (χ3n) is 6.45. The monoisotopic (exact) mass is 558 g/mol. The summed E-state index contributed by atoms with van der Waals surface area (Å²) in [4.78, 5) is 14.6. The number of hydrogen-bond acceptors (Lipinski definition) is 9. The molecule has 1 aliphatic rings. The number of anilines is 4. The lowest BCUT2D eigenvalue weighted by Crippen LogP contribution is -2.19. The first-order valence-corrected chi connectivity index (χ1v) is 14.1. The van der Waals surface area contributed by atoms with Crippen LogP contribution in [-0.4, -0.2) is 56.5 Å². The van der Waals surface area contributed by atoms with Crippen LogP contribution in [0.3, 0.4) is 0 Å². The van der Waals surface area contributed by atoms with Crippen LogP contribution in [0, 0.1) is 18.6 Å². The van der Waals surface area contributed by atoms with Crippen LogP contribution >= 0.6 is 0 Å². The first kappa shape index (κ1) is 26.7. The van der Waals surface area contributed by atoms with Crippen LogP contribution in [0.2, 0.25) is 0 Å². The molecule has 3 heterocycles. The summed E-state index contributed by atoms with van der Waals surface area (Å²) in [6.07, 6.45) is 3.56. The smallest absolute Gasteiger partial charge is 0.232 e. The quantitative estimate of drug-likeness (QED) is 0.292. The number of aliphatic hydroxyl groups excluding tert-OH is 1. The summed E-state index contributed by atoms with van der Waals surface area (Å²) in [6, 6.07) is 3.32. The Labute approximate surface area is 223 Å². The second-order valence-electron chi connectivity index (χ2n) is 9.81. The van der Waals surface area contributed by atoms with Gasteiger partial charge in [-0.25, -0.2) is 27.2 Å². The first-order valence-electron chi connectivity index (χ1n) is 12.2. The molecule has 4 aromatic rings. The molecule has 3 aromatic heterocycles. The van der Waals surface area contributed by atoms with E-state index in [9.17, 15) is 13.5 Å². The number of aromatic nitrogens is 6. The molecule has 0 amide bonds. The van der Waals surface area contributed by atoms with E-state index in [0.29, 0.717) is 28.8 Å². The van der Waals surface area contributed by atoms with Gasteiger partial charge in [0.2, 0.25) is 5.95 Å². The molecule has 206 valence electrons. The van der Waals surface area contributed by atoms with E-state index in [4.69, 9.17) is 4.98 Å². The van der Waals surface area contributed by atoms with Crippen LogP contribution in [0.1, 0.15) is 48.9 Å². The molecule has 1 fully saturated rings. The fourth-order valence-electron chi connectivity index (χ4n) is 4.42. The molecule has 1 atom stereocenters. The fourth-order valence-corrected chi connectivity index (χ4v) is 5.05. The minimum atomic E-state index is -3.83. The summed E-state index contributed by atoms with van der Waals surface area (Å²) in [5.74, 6) is -0.783. The number of rotatable bonds is 8. The zero-order valence-corrected chi connectivity index (χ0v) is 22.8. The zero-order chi connectivity index (χ0) is 28.2. The van der Waals surface area contributed by atoms with Crippen molar-refractivity contribution in [2.45, 2.75) is 43.6 Å². The molecule has 0 aliphatic heterocycles. The maximum Gasteiger partial charge on any atom is 0.232 e. The lowest BCUT2D eigenvalue weighted by molar-refractivity contribution is 0.185. The Morgan fingerprint density at radius 2 is 1.85 bits per heavy atom. The fraction of sp³-hybridized carbons (Fsp3) is 0.360. The van der Waals surface area contributed by atoms with E-state index in [1.54, 1.807) is 30.8 Å². The Bertz CT molecular complexity index is 1660. The van der Waals surface area contributed by atoms with E-state index < -0.39 is 38.2 Å². The second kappa shape index (κ2) is 9.68. The summed E-state index contributed by atoms with van der Waals surface area (Å²) in [5.41, 5.74) is 1.98. The van der Waals surface area contributed by atoms with E-state index in [0.717, 1.165) is 47.4 Å². The van der Waals surface area contributed by atoms with Crippen molar-refractivity contribution in [1.29, 1.82) is 0 Å². The van der Waals surface area contributed by atoms with Crippen molar-refractivity contribution in [3.63, 3.8) is 0 Å². The number of nitrogens with zero attached hydrogens (tertiary/aromatic N) is 6. The molecule has 0 spiro atoms. The molecule has 39 heavy (non-hydrogen) atoms. The van der Waals surface area contributed by atoms with Crippen LogP contribution in [0.4, 0.5) is 32.1 Å². The third kappa shape index (κ3) is 5.21. The van der Waals surface area contributed by atoms with Crippen molar-refractivity contribution in [3.05, 3.63) is 53.1 Å². The Morgan fingerprint density at radius 3 is 2.36 bits per heavy atom. The molecule has 0 bridgehead atoms. The molecule has 11 nitrogen and oxygen atoms in total. The highest BCUT2D eigenvalue weighted by molar-refractivity contribution is 7.90. The standard InChI is InChI=1S/C25H28F2N8O3S/c1-12-8-19(33-32-12)29-23-20(14-6-7-14)21(18-11-34(3)24(28-18)13(2)36)30-25(31-23)35(4)22-16(26)9-15(10-17(22)27)39(5,37)38/h8-11,13-14,36H,6-7H2,1-5H3,(H2,29,30,31,32,33). The first-order chi connectivity index (χ1) is 18.3. The highest BCUT2D eigenvalue weighted by atomic mass is 32.2. The highest BCUT2D eigenvalue weighted by Gasteiger charge is 2.34. The molecule has 3 N–H and O–H groups in total. The van der Waals surface area contributed by atoms with Gasteiger partial charge in [-0.05, 0) is 44.7 Å². The molecule has 5 rings (SSSR count). The van der Waals surface area contributed by atoms with Gasteiger partial charge in [-0.15, -0.1) is 0 Å². The van der Waals surface area contributed by atoms with Crippen LogP contribution in [0.25, 0.3) is 11.4 Å².